The molecular weight excluding hydrogens is 616 g/mol. The average Bonchev–Trinajstić information content (AvgIpc) is 3.89. The van der Waals surface area contributed by atoms with Crippen LogP contribution in [0.15, 0.2) is 62.6 Å². The number of nitrogens with zero attached hydrogens (tertiary/aromatic N) is 3. The summed E-state index contributed by atoms with van der Waals surface area (Å²) in [5.41, 5.74) is 3.13. The van der Waals surface area contributed by atoms with Crippen molar-refractivity contribution in [3.05, 3.63) is 82.8 Å². The van der Waals surface area contributed by atoms with Crippen molar-refractivity contribution in [2.75, 3.05) is 18.5 Å². The lowest BCUT2D eigenvalue weighted by Crippen LogP contribution is -2.52. The first-order valence-corrected chi connectivity index (χ1v) is 16.2. The van der Waals surface area contributed by atoms with Crippen LogP contribution in [0.4, 0.5) is 5.69 Å². The predicted octanol–water partition coefficient (Wildman–Crippen LogP) is 3.46. The Kier molecular flexibility index (Phi) is 7.06. The third kappa shape index (κ3) is 4.59. The number of nitrogens with one attached hydrogen (secondary N) is 3. The van der Waals surface area contributed by atoms with Gasteiger partial charge >= 0.3 is 0 Å². The van der Waals surface area contributed by atoms with Gasteiger partial charge in [-0.15, -0.1) is 0 Å². The zero-order valence-corrected chi connectivity index (χ0v) is 26.9. The van der Waals surface area contributed by atoms with Crippen LogP contribution >= 0.6 is 0 Å². The molecule has 48 heavy (non-hydrogen) atoms. The van der Waals surface area contributed by atoms with Crippen LogP contribution in [-0.4, -0.2) is 64.3 Å². The van der Waals surface area contributed by atoms with Crippen LogP contribution in [0.5, 0.6) is 5.75 Å². The van der Waals surface area contributed by atoms with Crippen LogP contribution in [0.3, 0.4) is 0 Å². The number of aliphatic hydroxyl groups is 1. The fraction of sp³-hybridized carbons (Fsp3) is 0.400. The van der Waals surface area contributed by atoms with Crippen molar-refractivity contribution in [1.29, 1.82) is 0 Å². The Morgan fingerprint density at radius 1 is 1.08 bits per heavy atom. The van der Waals surface area contributed by atoms with Gasteiger partial charge in [-0.05, 0) is 35.1 Å². The van der Waals surface area contributed by atoms with E-state index < -0.39 is 41.6 Å². The molecule has 4 N–H and O–H groups in total. The maximum Gasteiger partial charge on any atom is 0.249 e. The molecule has 1 unspecified atom stereocenters. The molecule has 4 aliphatic rings. The number of carbonyl (C=O) groups excluding carboxylic acids is 2. The standard InChI is InChI=1S/C35H36N6O7/c1-16(2)25-33-41-26(32-38-23(15-46-32)31-36-11-12-45-31)28(48-33)35-19-7-5-6-8-21(19)39-34(35)47-24-10-9-18(13-20(24)35)14-22(29(43)40-25)37-30(44)27(42)17(3)4/h5-10,13,15-17,22,25,27,34,39,42H,11-12,14H2,1-4H3,(H,37,44)(H,40,43)/t22-,25-,27-,34+,35?/m0/s1. The zero-order valence-electron chi connectivity index (χ0n) is 26.9. The summed E-state index contributed by atoms with van der Waals surface area (Å²) in [6.45, 7) is 8.38. The number of aliphatic hydroxyl groups excluding tert-OH is 1. The number of hydrogen-bond acceptors (Lipinski definition) is 11. The van der Waals surface area contributed by atoms with E-state index >= 15 is 0 Å². The zero-order chi connectivity index (χ0) is 33.3. The van der Waals surface area contributed by atoms with Gasteiger partial charge < -0.3 is 39.4 Å². The van der Waals surface area contributed by atoms with Gasteiger partial charge in [-0.1, -0.05) is 58.0 Å². The third-order valence-corrected chi connectivity index (χ3v) is 9.46. The molecule has 2 aromatic carbocycles. The molecule has 6 heterocycles. The first-order chi connectivity index (χ1) is 23.1. The Labute approximate surface area is 276 Å². The summed E-state index contributed by atoms with van der Waals surface area (Å²) < 4.78 is 25.1. The molecule has 0 aliphatic carbocycles. The fourth-order valence-corrected chi connectivity index (χ4v) is 6.98. The van der Waals surface area contributed by atoms with Crippen molar-refractivity contribution in [1.82, 2.24) is 20.6 Å². The van der Waals surface area contributed by atoms with E-state index in [-0.39, 0.29) is 30.0 Å². The van der Waals surface area contributed by atoms with E-state index in [9.17, 15) is 14.7 Å². The molecule has 13 heteroatoms. The minimum atomic E-state index is -1.28. The predicted molar refractivity (Wildman–Crippen MR) is 172 cm³/mol. The number of fused-ring (bicyclic) bond motifs is 4. The number of benzene rings is 2. The van der Waals surface area contributed by atoms with Crippen LogP contribution in [0.25, 0.3) is 11.6 Å². The highest BCUT2D eigenvalue weighted by Crippen LogP contribution is 2.59. The lowest BCUT2D eigenvalue weighted by molar-refractivity contribution is -0.135. The molecule has 248 valence electrons. The number of anilines is 1. The smallest absolute Gasteiger partial charge is 0.249 e. The molecule has 0 saturated carbocycles. The van der Waals surface area contributed by atoms with Gasteiger partial charge in [0.15, 0.2) is 23.4 Å². The number of rotatable bonds is 6. The number of aliphatic imine (C=N–C) groups is 1. The molecule has 4 aliphatic heterocycles. The molecule has 4 bridgehead atoms. The summed E-state index contributed by atoms with van der Waals surface area (Å²) in [6.07, 6.45) is -0.231. The molecule has 0 fully saturated rings. The molecule has 1 spiro atoms. The normalized spacial score (nSPS) is 24.4. The first kappa shape index (κ1) is 30.2. The minimum Gasteiger partial charge on any atom is -0.474 e. The van der Waals surface area contributed by atoms with Crippen molar-refractivity contribution >= 4 is 23.4 Å². The summed E-state index contributed by atoms with van der Waals surface area (Å²) in [7, 11) is 0. The van der Waals surface area contributed by atoms with Gasteiger partial charge in [0.05, 0.1) is 6.54 Å². The molecule has 5 atom stereocenters. The van der Waals surface area contributed by atoms with Gasteiger partial charge in [0, 0.05) is 17.7 Å². The number of amides is 2. The van der Waals surface area contributed by atoms with Crippen LogP contribution < -0.4 is 20.7 Å². The lowest BCUT2D eigenvalue weighted by Gasteiger charge is -2.29. The second-order valence-corrected chi connectivity index (χ2v) is 13.3. The Morgan fingerprint density at radius 2 is 1.92 bits per heavy atom. The number of ether oxygens (including phenoxy) is 2. The van der Waals surface area contributed by atoms with Crippen LogP contribution in [-0.2, 0) is 26.2 Å². The molecule has 0 saturated heterocycles. The van der Waals surface area contributed by atoms with Crippen molar-refractivity contribution < 1.29 is 33.0 Å². The first-order valence-electron chi connectivity index (χ1n) is 16.2. The van der Waals surface area contributed by atoms with E-state index in [2.05, 4.69) is 20.9 Å². The SMILES string of the molecule is CC(C)[C@H](O)C(=O)N[C@H]1Cc2ccc3c(c2)C2(c4ccccc4N[C@@H]2O3)c2oc(nc2-c2nc(C3=NCCO3)co2)[C@H](C(C)C)NC1=O. The highest BCUT2D eigenvalue weighted by Gasteiger charge is 2.61. The third-order valence-electron chi connectivity index (χ3n) is 9.46. The fourth-order valence-electron chi connectivity index (χ4n) is 6.98. The summed E-state index contributed by atoms with van der Waals surface area (Å²) in [5.74, 6) is 0.352. The Morgan fingerprint density at radius 3 is 2.69 bits per heavy atom. The van der Waals surface area contributed by atoms with E-state index in [1.807, 2.05) is 56.3 Å². The summed E-state index contributed by atoms with van der Waals surface area (Å²) in [6, 6.07) is 12.0. The van der Waals surface area contributed by atoms with Crippen molar-refractivity contribution in [2.24, 2.45) is 16.8 Å². The monoisotopic (exact) mass is 652 g/mol. The van der Waals surface area contributed by atoms with Gasteiger partial charge in [0.25, 0.3) is 0 Å². The summed E-state index contributed by atoms with van der Waals surface area (Å²) in [5, 5.41) is 20.0. The van der Waals surface area contributed by atoms with Crippen molar-refractivity contribution in [3.63, 3.8) is 0 Å². The quantitative estimate of drug-likeness (QED) is 0.242. The maximum atomic E-state index is 14.0. The summed E-state index contributed by atoms with van der Waals surface area (Å²) in [4.78, 5) is 41.2. The van der Waals surface area contributed by atoms with Crippen LogP contribution in [0.1, 0.15) is 67.8 Å². The van der Waals surface area contributed by atoms with E-state index in [1.165, 1.54) is 6.26 Å². The number of carbonyl (C=O) groups is 2. The van der Waals surface area contributed by atoms with E-state index in [0.29, 0.717) is 41.9 Å². The largest absolute Gasteiger partial charge is 0.474 e. The molecule has 4 aromatic rings. The van der Waals surface area contributed by atoms with Gasteiger partial charge in [-0.2, -0.15) is 0 Å². The van der Waals surface area contributed by atoms with Gasteiger partial charge in [-0.25, -0.2) is 15.0 Å². The van der Waals surface area contributed by atoms with Crippen molar-refractivity contribution in [2.45, 2.75) is 63.9 Å². The minimum absolute atomic E-state index is 0.167. The number of hydrogen-bond donors (Lipinski definition) is 4. The molecule has 13 nitrogen and oxygen atoms in total. The Hall–Kier alpha value is -5.17. The molecule has 8 rings (SSSR count). The summed E-state index contributed by atoms with van der Waals surface area (Å²) >= 11 is 0. The molecule has 2 amide bonds. The highest BCUT2D eigenvalue weighted by atomic mass is 16.5. The van der Waals surface area contributed by atoms with Crippen molar-refractivity contribution in [3.8, 4) is 17.3 Å². The second-order valence-electron chi connectivity index (χ2n) is 13.3. The number of para-hydroxylation sites is 1. The van der Waals surface area contributed by atoms with Gasteiger partial charge in [0.1, 0.15) is 42.2 Å². The Balaban J connectivity index is 1.35. The molecular formula is C35H36N6O7. The second kappa shape index (κ2) is 11.2. The Bertz CT molecular complexity index is 1960. The molecule has 0 radical (unpaired) electrons. The highest BCUT2D eigenvalue weighted by molar-refractivity contribution is 5.93. The van der Waals surface area contributed by atoms with E-state index in [1.54, 1.807) is 13.8 Å². The molecule has 2 aromatic heterocycles. The van der Waals surface area contributed by atoms with E-state index in [0.717, 1.165) is 22.4 Å². The average molecular weight is 653 g/mol. The van der Waals surface area contributed by atoms with E-state index in [4.69, 9.17) is 28.3 Å². The van der Waals surface area contributed by atoms with Gasteiger partial charge in [0.2, 0.25) is 29.5 Å². The number of aromatic nitrogens is 2. The van der Waals surface area contributed by atoms with Crippen LogP contribution in [0, 0.1) is 11.8 Å². The topological polar surface area (TPSA) is 173 Å². The van der Waals surface area contributed by atoms with Gasteiger partial charge in [-0.3, -0.25) is 9.59 Å². The lowest BCUT2D eigenvalue weighted by atomic mass is 9.72. The number of oxazole rings is 2. The van der Waals surface area contributed by atoms with Crippen LogP contribution in [0.2, 0.25) is 0 Å². The maximum absolute atomic E-state index is 14.0.